The van der Waals surface area contributed by atoms with E-state index in [-0.39, 0.29) is 10.9 Å². The molecule has 0 saturated heterocycles. The summed E-state index contributed by atoms with van der Waals surface area (Å²) < 4.78 is 0. The Hall–Kier alpha value is -2.14. The van der Waals surface area contributed by atoms with Gasteiger partial charge in [0, 0.05) is 6.20 Å². The second-order valence-corrected chi connectivity index (χ2v) is 3.97. The summed E-state index contributed by atoms with van der Waals surface area (Å²) in [7, 11) is 0. The molecule has 0 atom stereocenters. The Balaban J connectivity index is 2.07. The first-order valence-electron chi connectivity index (χ1n) is 5.25. The predicted molar refractivity (Wildman–Crippen MR) is 69.1 cm³/mol. The minimum Gasteiger partial charge on any atom is -0.398 e. The van der Waals surface area contributed by atoms with E-state index in [9.17, 15) is 4.79 Å². The Labute approximate surface area is 109 Å². The summed E-state index contributed by atoms with van der Waals surface area (Å²) in [6, 6.07) is 6.67. The zero-order valence-corrected chi connectivity index (χ0v) is 10.2. The summed E-state index contributed by atoms with van der Waals surface area (Å²) in [5, 5.41) is 2.98. The van der Waals surface area contributed by atoms with E-state index in [1.807, 2.05) is 0 Å². The van der Waals surface area contributed by atoms with Crippen molar-refractivity contribution in [3.05, 3.63) is 53.1 Å². The number of rotatable bonds is 3. The Kier molecular flexibility index (Phi) is 3.74. The first-order chi connectivity index (χ1) is 8.68. The van der Waals surface area contributed by atoms with E-state index in [0.717, 1.165) is 5.69 Å². The van der Waals surface area contributed by atoms with Crippen molar-refractivity contribution in [1.82, 2.24) is 15.3 Å². The van der Waals surface area contributed by atoms with Crippen LogP contribution >= 0.6 is 11.6 Å². The van der Waals surface area contributed by atoms with Gasteiger partial charge in [-0.1, -0.05) is 17.7 Å². The Bertz CT molecular complexity index is 559. The van der Waals surface area contributed by atoms with Crippen LogP contribution in [0.15, 0.2) is 36.8 Å². The highest BCUT2D eigenvalue weighted by Gasteiger charge is 2.11. The van der Waals surface area contributed by atoms with Gasteiger partial charge >= 0.3 is 0 Å². The molecule has 0 bridgehead atoms. The molecule has 1 amide bonds. The van der Waals surface area contributed by atoms with Crippen LogP contribution in [0.5, 0.6) is 0 Å². The molecule has 3 N–H and O–H groups in total. The van der Waals surface area contributed by atoms with Gasteiger partial charge in [-0.3, -0.25) is 4.79 Å². The first-order valence-corrected chi connectivity index (χ1v) is 5.63. The first kappa shape index (κ1) is 12.3. The van der Waals surface area contributed by atoms with Gasteiger partial charge in [-0.05, 0) is 18.2 Å². The minimum absolute atomic E-state index is 0.262. The van der Waals surface area contributed by atoms with Crippen LogP contribution in [-0.2, 0) is 6.54 Å². The molecule has 1 aromatic heterocycles. The van der Waals surface area contributed by atoms with Crippen LogP contribution in [0.1, 0.15) is 16.1 Å². The number of hydrogen-bond acceptors (Lipinski definition) is 4. The quantitative estimate of drug-likeness (QED) is 0.824. The summed E-state index contributed by atoms with van der Waals surface area (Å²) in [6.07, 6.45) is 3.04. The molecular weight excluding hydrogens is 252 g/mol. The van der Waals surface area contributed by atoms with E-state index in [4.69, 9.17) is 17.3 Å². The van der Waals surface area contributed by atoms with Gasteiger partial charge in [0.15, 0.2) is 0 Å². The largest absolute Gasteiger partial charge is 0.398 e. The highest BCUT2D eigenvalue weighted by molar-refractivity contribution is 6.36. The molecule has 0 aliphatic heterocycles. The molecule has 2 rings (SSSR count). The molecule has 6 heteroatoms. The standard InChI is InChI=1S/C12H11ClN4O/c13-11-9(2-1-3-10(11)14)12(18)16-6-8-4-5-15-7-17-8/h1-5,7H,6,14H2,(H,16,18). The molecule has 18 heavy (non-hydrogen) atoms. The number of nitrogens with zero attached hydrogens (tertiary/aromatic N) is 2. The van der Waals surface area contributed by atoms with Crippen molar-refractivity contribution in [3.8, 4) is 0 Å². The highest BCUT2D eigenvalue weighted by Crippen LogP contribution is 2.22. The van der Waals surface area contributed by atoms with Gasteiger partial charge < -0.3 is 11.1 Å². The third-order valence-corrected chi connectivity index (χ3v) is 2.77. The summed E-state index contributed by atoms with van der Waals surface area (Å²) in [5.41, 5.74) is 7.09. The number of aromatic nitrogens is 2. The number of carbonyl (C=O) groups excluding carboxylic acids is 1. The molecule has 0 radical (unpaired) electrons. The smallest absolute Gasteiger partial charge is 0.253 e. The lowest BCUT2D eigenvalue weighted by atomic mass is 10.2. The second-order valence-electron chi connectivity index (χ2n) is 3.59. The van der Waals surface area contributed by atoms with Gasteiger partial charge in [-0.15, -0.1) is 0 Å². The summed E-state index contributed by atoms with van der Waals surface area (Å²) in [5.74, 6) is -0.286. The summed E-state index contributed by atoms with van der Waals surface area (Å²) in [4.78, 5) is 19.7. The Morgan fingerprint density at radius 2 is 2.22 bits per heavy atom. The fourth-order valence-corrected chi connectivity index (χ4v) is 1.63. The van der Waals surface area contributed by atoms with Crippen LogP contribution in [-0.4, -0.2) is 15.9 Å². The van der Waals surface area contributed by atoms with Crippen molar-refractivity contribution < 1.29 is 4.79 Å². The molecule has 0 spiro atoms. The molecule has 0 aliphatic carbocycles. The fraction of sp³-hybridized carbons (Fsp3) is 0.0833. The maximum atomic E-state index is 11.9. The van der Waals surface area contributed by atoms with Crippen molar-refractivity contribution in [1.29, 1.82) is 0 Å². The van der Waals surface area contributed by atoms with Crippen LogP contribution in [0.3, 0.4) is 0 Å². The topological polar surface area (TPSA) is 80.9 Å². The molecule has 2 aromatic rings. The van der Waals surface area contributed by atoms with Gasteiger partial charge in [0.05, 0.1) is 28.5 Å². The third kappa shape index (κ3) is 2.75. The predicted octanol–water partition coefficient (Wildman–Crippen LogP) is 1.64. The fourth-order valence-electron chi connectivity index (χ4n) is 1.41. The van der Waals surface area contributed by atoms with Gasteiger partial charge in [0.25, 0.3) is 5.91 Å². The van der Waals surface area contributed by atoms with E-state index >= 15 is 0 Å². The molecule has 1 aromatic carbocycles. The third-order valence-electron chi connectivity index (χ3n) is 2.35. The molecule has 1 heterocycles. The van der Waals surface area contributed by atoms with E-state index in [0.29, 0.717) is 17.8 Å². The van der Waals surface area contributed by atoms with Crippen LogP contribution < -0.4 is 11.1 Å². The van der Waals surface area contributed by atoms with Gasteiger partial charge in [-0.25, -0.2) is 9.97 Å². The number of nitrogens with one attached hydrogen (secondary N) is 1. The van der Waals surface area contributed by atoms with Crippen LogP contribution in [0.25, 0.3) is 0 Å². The van der Waals surface area contributed by atoms with Crippen molar-refractivity contribution >= 4 is 23.2 Å². The molecule has 0 saturated carbocycles. The monoisotopic (exact) mass is 262 g/mol. The van der Waals surface area contributed by atoms with Gasteiger partial charge in [0.1, 0.15) is 6.33 Å². The molecule has 92 valence electrons. The lowest BCUT2D eigenvalue weighted by Crippen LogP contribution is -2.23. The molecular formula is C12H11ClN4O. The van der Waals surface area contributed by atoms with Crippen molar-refractivity contribution in [2.75, 3.05) is 5.73 Å². The average Bonchev–Trinajstić information content (AvgIpc) is 2.40. The number of nitrogen functional groups attached to an aromatic ring is 1. The zero-order valence-electron chi connectivity index (χ0n) is 9.43. The minimum atomic E-state index is -0.286. The number of halogens is 1. The number of amides is 1. The number of carbonyl (C=O) groups is 1. The lowest BCUT2D eigenvalue weighted by molar-refractivity contribution is 0.0950. The van der Waals surface area contributed by atoms with Crippen molar-refractivity contribution in [3.63, 3.8) is 0 Å². The normalized spacial score (nSPS) is 10.1. The van der Waals surface area contributed by atoms with Crippen molar-refractivity contribution in [2.45, 2.75) is 6.54 Å². The molecule has 0 fully saturated rings. The summed E-state index contributed by atoms with van der Waals surface area (Å²) in [6.45, 7) is 0.312. The number of hydrogen-bond donors (Lipinski definition) is 2. The SMILES string of the molecule is Nc1cccc(C(=O)NCc2ccncn2)c1Cl. The Morgan fingerprint density at radius 1 is 1.39 bits per heavy atom. The van der Waals surface area contributed by atoms with E-state index in [2.05, 4.69) is 15.3 Å². The number of nitrogens with two attached hydrogens (primary N) is 1. The second kappa shape index (κ2) is 5.46. The molecule has 5 nitrogen and oxygen atoms in total. The molecule has 0 unspecified atom stereocenters. The summed E-state index contributed by atoms with van der Waals surface area (Å²) >= 11 is 5.96. The van der Waals surface area contributed by atoms with E-state index in [1.54, 1.807) is 30.5 Å². The number of anilines is 1. The number of benzene rings is 1. The zero-order chi connectivity index (χ0) is 13.0. The van der Waals surface area contributed by atoms with E-state index < -0.39 is 0 Å². The highest BCUT2D eigenvalue weighted by atomic mass is 35.5. The van der Waals surface area contributed by atoms with Gasteiger partial charge in [0.2, 0.25) is 0 Å². The van der Waals surface area contributed by atoms with Crippen LogP contribution in [0, 0.1) is 0 Å². The van der Waals surface area contributed by atoms with Crippen LogP contribution in [0.4, 0.5) is 5.69 Å². The molecule has 0 aliphatic rings. The Morgan fingerprint density at radius 3 is 2.94 bits per heavy atom. The van der Waals surface area contributed by atoms with E-state index in [1.165, 1.54) is 6.33 Å². The average molecular weight is 263 g/mol. The van der Waals surface area contributed by atoms with Crippen LogP contribution in [0.2, 0.25) is 5.02 Å². The van der Waals surface area contributed by atoms with Crippen molar-refractivity contribution in [2.24, 2.45) is 0 Å². The maximum absolute atomic E-state index is 11.9. The maximum Gasteiger partial charge on any atom is 0.253 e. The lowest BCUT2D eigenvalue weighted by Gasteiger charge is -2.07. The van der Waals surface area contributed by atoms with Gasteiger partial charge in [-0.2, -0.15) is 0 Å².